The maximum absolute atomic E-state index is 11.4. The highest BCUT2D eigenvalue weighted by Crippen LogP contribution is 2.20. The largest absolute Gasteiger partial charge is 0.376 e. The molecule has 1 saturated heterocycles. The number of carbonyl (C=O) groups excluding carboxylic acids is 2. The van der Waals surface area contributed by atoms with Crippen molar-refractivity contribution in [1.29, 1.82) is 0 Å². The minimum absolute atomic E-state index is 0.0189. The molecule has 5 heteroatoms. The predicted molar refractivity (Wildman–Crippen MR) is 57.8 cm³/mol. The summed E-state index contributed by atoms with van der Waals surface area (Å²) in [4.78, 5) is 24.1. The quantitative estimate of drug-likeness (QED) is 0.728. The lowest BCUT2D eigenvalue weighted by molar-refractivity contribution is -0.141. The van der Waals surface area contributed by atoms with Crippen LogP contribution in [0, 0.1) is 0 Å². The zero-order chi connectivity index (χ0) is 11.4. The molecule has 16 heavy (non-hydrogen) atoms. The molecule has 0 aromatic carbocycles. The number of nitrogens with zero attached hydrogens (tertiary/aromatic N) is 1. The molecular formula is C11H18N2O3. The van der Waals surface area contributed by atoms with Crippen LogP contribution in [0.3, 0.4) is 0 Å². The Hall–Kier alpha value is -1.10. The monoisotopic (exact) mass is 226 g/mol. The van der Waals surface area contributed by atoms with Crippen molar-refractivity contribution in [3.63, 3.8) is 0 Å². The lowest BCUT2D eigenvalue weighted by Gasteiger charge is -2.26. The Bertz CT molecular complexity index is 274. The molecule has 90 valence electrons. The van der Waals surface area contributed by atoms with Crippen LogP contribution in [0.2, 0.25) is 0 Å². The Kier molecular flexibility index (Phi) is 3.77. The fourth-order valence-electron chi connectivity index (χ4n) is 2.19. The normalized spacial score (nSPS) is 22.6. The van der Waals surface area contributed by atoms with Crippen molar-refractivity contribution in [2.45, 2.75) is 31.8 Å². The predicted octanol–water partition coefficient (Wildman–Crippen LogP) is -0.0960. The maximum atomic E-state index is 11.4. The Morgan fingerprint density at radius 2 is 2.06 bits per heavy atom. The van der Waals surface area contributed by atoms with Crippen LogP contribution in [-0.2, 0) is 14.3 Å². The van der Waals surface area contributed by atoms with Crippen LogP contribution in [0.5, 0.6) is 0 Å². The van der Waals surface area contributed by atoms with Crippen LogP contribution in [0.15, 0.2) is 0 Å². The topological polar surface area (TPSA) is 58.6 Å². The summed E-state index contributed by atoms with van der Waals surface area (Å²) in [5.41, 5.74) is 0. The Labute approximate surface area is 95.1 Å². The summed E-state index contributed by atoms with van der Waals surface area (Å²) >= 11 is 0. The van der Waals surface area contributed by atoms with E-state index in [-0.39, 0.29) is 24.9 Å². The molecule has 2 aliphatic rings. The first-order chi connectivity index (χ1) is 7.75. The van der Waals surface area contributed by atoms with Crippen molar-refractivity contribution in [3.05, 3.63) is 0 Å². The average molecular weight is 226 g/mol. The van der Waals surface area contributed by atoms with E-state index in [1.807, 2.05) is 0 Å². The van der Waals surface area contributed by atoms with Gasteiger partial charge < -0.3 is 15.0 Å². The molecule has 0 bridgehead atoms. The number of rotatable bonds is 4. The number of piperazine rings is 1. The SMILES string of the molecule is O=C1CN(CCOC2CCCC2)C(=O)CN1. The van der Waals surface area contributed by atoms with Gasteiger partial charge in [0, 0.05) is 6.54 Å². The van der Waals surface area contributed by atoms with Crippen molar-refractivity contribution >= 4 is 11.8 Å². The van der Waals surface area contributed by atoms with Crippen molar-refractivity contribution in [1.82, 2.24) is 10.2 Å². The van der Waals surface area contributed by atoms with Gasteiger partial charge in [0.15, 0.2) is 0 Å². The molecule has 0 unspecified atom stereocenters. The summed E-state index contributed by atoms with van der Waals surface area (Å²) in [7, 11) is 0. The van der Waals surface area contributed by atoms with Crippen molar-refractivity contribution in [2.75, 3.05) is 26.2 Å². The number of nitrogens with one attached hydrogen (secondary N) is 1. The summed E-state index contributed by atoms with van der Waals surface area (Å²) in [6.07, 6.45) is 5.13. The van der Waals surface area contributed by atoms with E-state index in [9.17, 15) is 9.59 Å². The van der Waals surface area contributed by atoms with Crippen molar-refractivity contribution < 1.29 is 14.3 Å². The number of ether oxygens (including phenoxy) is 1. The first-order valence-corrected chi connectivity index (χ1v) is 5.92. The Morgan fingerprint density at radius 1 is 1.31 bits per heavy atom. The Balaban J connectivity index is 1.67. The zero-order valence-corrected chi connectivity index (χ0v) is 9.41. The van der Waals surface area contributed by atoms with Crippen LogP contribution in [0.25, 0.3) is 0 Å². The lowest BCUT2D eigenvalue weighted by atomic mass is 10.3. The summed E-state index contributed by atoms with van der Waals surface area (Å²) in [5, 5.41) is 2.52. The van der Waals surface area contributed by atoms with Gasteiger partial charge in [-0.05, 0) is 12.8 Å². The molecule has 5 nitrogen and oxygen atoms in total. The molecular weight excluding hydrogens is 208 g/mol. The molecule has 1 aliphatic carbocycles. The molecule has 2 rings (SSSR count). The molecule has 0 spiro atoms. The standard InChI is InChI=1S/C11H18N2O3/c14-10-8-13(11(15)7-12-10)5-6-16-9-3-1-2-4-9/h9H,1-8H2,(H,12,14). The van der Waals surface area contributed by atoms with Crippen molar-refractivity contribution in [3.8, 4) is 0 Å². The molecule has 2 amide bonds. The average Bonchev–Trinajstić information content (AvgIpc) is 2.76. The smallest absolute Gasteiger partial charge is 0.242 e. The zero-order valence-electron chi connectivity index (χ0n) is 9.41. The van der Waals surface area contributed by atoms with E-state index in [1.54, 1.807) is 4.90 Å². The number of carbonyl (C=O) groups is 2. The second-order valence-electron chi connectivity index (χ2n) is 4.37. The van der Waals surface area contributed by atoms with Gasteiger partial charge in [0.05, 0.1) is 25.8 Å². The minimum atomic E-state index is -0.0829. The molecule has 0 aromatic heterocycles. The van der Waals surface area contributed by atoms with E-state index >= 15 is 0 Å². The van der Waals surface area contributed by atoms with Gasteiger partial charge in [0.2, 0.25) is 11.8 Å². The summed E-state index contributed by atoms with van der Waals surface area (Å²) in [6.45, 7) is 1.38. The van der Waals surface area contributed by atoms with Gasteiger partial charge in [-0.15, -0.1) is 0 Å². The number of amides is 2. The number of hydrogen-bond acceptors (Lipinski definition) is 3. The highest BCUT2D eigenvalue weighted by atomic mass is 16.5. The molecule has 1 heterocycles. The molecule has 2 fully saturated rings. The minimum Gasteiger partial charge on any atom is -0.376 e. The van der Waals surface area contributed by atoms with Gasteiger partial charge in [0.25, 0.3) is 0 Å². The maximum Gasteiger partial charge on any atom is 0.242 e. The van der Waals surface area contributed by atoms with E-state index in [1.165, 1.54) is 12.8 Å². The second-order valence-corrected chi connectivity index (χ2v) is 4.37. The van der Waals surface area contributed by atoms with Gasteiger partial charge in [-0.25, -0.2) is 0 Å². The van der Waals surface area contributed by atoms with E-state index in [2.05, 4.69) is 5.32 Å². The molecule has 1 N–H and O–H groups in total. The third-order valence-electron chi connectivity index (χ3n) is 3.14. The van der Waals surface area contributed by atoms with Gasteiger partial charge in [-0.2, -0.15) is 0 Å². The van der Waals surface area contributed by atoms with E-state index < -0.39 is 0 Å². The molecule has 1 saturated carbocycles. The van der Waals surface area contributed by atoms with Gasteiger partial charge in [-0.1, -0.05) is 12.8 Å². The molecule has 1 aliphatic heterocycles. The summed E-state index contributed by atoms with van der Waals surface area (Å²) < 4.78 is 5.66. The highest BCUT2D eigenvalue weighted by molar-refractivity contribution is 5.92. The third kappa shape index (κ3) is 2.95. The summed E-state index contributed by atoms with van der Waals surface area (Å²) in [5.74, 6) is -0.102. The van der Waals surface area contributed by atoms with E-state index in [0.29, 0.717) is 19.3 Å². The van der Waals surface area contributed by atoms with Crippen molar-refractivity contribution in [2.24, 2.45) is 0 Å². The van der Waals surface area contributed by atoms with Crippen LogP contribution in [0.4, 0.5) is 0 Å². The van der Waals surface area contributed by atoms with Crippen LogP contribution in [-0.4, -0.2) is 49.1 Å². The first kappa shape index (κ1) is 11.4. The second kappa shape index (κ2) is 5.30. The van der Waals surface area contributed by atoms with E-state index in [4.69, 9.17) is 4.74 Å². The van der Waals surface area contributed by atoms with Gasteiger partial charge in [0.1, 0.15) is 0 Å². The van der Waals surface area contributed by atoms with Crippen LogP contribution >= 0.6 is 0 Å². The number of hydrogen-bond donors (Lipinski definition) is 1. The van der Waals surface area contributed by atoms with Crippen LogP contribution in [0.1, 0.15) is 25.7 Å². The fraction of sp³-hybridized carbons (Fsp3) is 0.818. The lowest BCUT2D eigenvalue weighted by Crippen LogP contribution is -2.52. The third-order valence-corrected chi connectivity index (χ3v) is 3.14. The van der Waals surface area contributed by atoms with E-state index in [0.717, 1.165) is 12.8 Å². The summed E-state index contributed by atoms with van der Waals surface area (Å²) in [6, 6.07) is 0. The van der Waals surface area contributed by atoms with Gasteiger partial charge in [-0.3, -0.25) is 9.59 Å². The fourth-order valence-corrected chi connectivity index (χ4v) is 2.19. The molecule has 0 atom stereocenters. The van der Waals surface area contributed by atoms with Gasteiger partial charge >= 0.3 is 0 Å². The Morgan fingerprint density at radius 3 is 2.81 bits per heavy atom. The molecule has 0 aromatic rings. The van der Waals surface area contributed by atoms with Crippen LogP contribution < -0.4 is 5.32 Å². The molecule has 0 radical (unpaired) electrons. The first-order valence-electron chi connectivity index (χ1n) is 5.92. The highest BCUT2D eigenvalue weighted by Gasteiger charge is 2.23.